The van der Waals surface area contributed by atoms with Crippen molar-refractivity contribution < 1.29 is 22.7 Å². The van der Waals surface area contributed by atoms with Crippen LogP contribution in [0.3, 0.4) is 0 Å². The molecule has 30 heavy (non-hydrogen) atoms. The molecule has 0 atom stereocenters. The van der Waals surface area contributed by atoms with Crippen molar-refractivity contribution in [1.82, 2.24) is 19.8 Å². The molecule has 0 aliphatic carbocycles. The van der Waals surface area contributed by atoms with E-state index in [1.54, 1.807) is 6.07 Å². The largest absolute Gasteiger partial charge is 0.461 e. The van der Waals surface area contributed by atoms with Crippen LogP contribution >= 0.6 is 0 Å². The summed E-state index contributed by atoms with van der Waals surface area (Å²) in [5.41, 5.74) is 2.06. The van der Waals surface area contributed by atoms with Gasteiger partial charge in [-0.1, -0.05) is 24.3 Å². The Morgan fingerprint density at radius 2 is 1.87 bits per heavy atom. The van der Waals surface area contributed by atoms with E-state index in [4.69, 9.17) is 4.74 Å². The van der Waals surface area contributed by atoms with Gasteiger partial charge in [0.05, 0.1) is 5.92 Å². The molecule has 0 amide bonds. The average Bonchev–Trinajstić information content (AvgIpc) is 3.17. The Morgan fingerprint density at radius 1 is 1.13 bits per heavy atom. The Balaban J connectivity index is 1.38. The maximum Gasteiger partial charge on any atom is 0.453 e. The number of ether oxygens (including phenoxy) is 1. The fraction of sp³-hybridized carbons (Fsp3) is 0.400. The van der Waals surface area contributed by atoms with Gasteiger partial charge in [-0.05, 0) is 43.0 Å². The van der Waals surface area contributed by atoms with Crippen LogP contribution in [0.25, 0.3) is 5.65 Å². The van der Waals surface area contributed by atoms with Crippen molar-refractivity contribution in [3.63, 3.8) is 0 Å². The number of nitrogens with zero attached hydrogens (tertiary/aromatic N) is 5. The van der Waals surface area contributed by atoms with Gasteiger partial charge in [0.15, 0.2) is 5.65 Å². The van der Waals surface area contributed by atoms with Crippen LogP contribution in [-0.4, -0.2) is 38.9 Å². The molecule has 158 valence electrons. The first-order chi connectivity index (χ1) is 14.3. The molecule has 7 nitrogen and oxygen atoms in total. The average molecular weight is 419 g/mol. The highest BCUT2D eigenvalue weighted by Crippen LogP contribution is 2.29. The van der Waals surface area contributed by atoms with Gasteiger partial charge < -0.3 is 9.64 Å². The molecule has 0 N–H and O–H groups in total. The summed E-state index contributed by atoms with van der Waals surface area (Å²) in [5, 5.41) is 10.8. The van der Waals surface area contributed by atoms with Crippen molar-refractivity contribution in [3.05, 3.63) is 53.3 Å². The molecular weight excluding hydrogens is 399 g/mol. The van der Waals surface area contributed by atoms with Gasteiger partial charge in [0.2, 0.25) is 0 Å². The maximum atomic E-state index is 13.1. The van der Waals surface area contributed by atoms with Crippen molar-refractivity contribution >= 4 is 17.4 Å². The number of alkyl halides is 3. The number of carbonyl (C=O) groups is 1. The summed E-state index contributed by atoms with van der Waals surface area (Å²) in [5.74, 6) is -1.26. The second-order valence-corrected chi connectivity index (χ2v) is 7.28. The van der Waals surface area contributed by atoms with Crippen LogP contribution in [-0.2, 0) is 22.3 Å². The molecule has 10 heteroatoms. The molecule has 4 rings (SSSR count). The van der Waals surface area contributed by atoms with E-state index in [0.717, 1.165) is 11.1 Å². The smallest absolute Gasteiger partial charge is 0.453 e. The summed E-state index contributed by atoms with van der Waals surface area (Å²) < 4.78 is 45.3. The highest BCUT2D eigenvalue weighted by atomic mass is 19.4. The van der Waals surface area contributed by atoms with E-state index in [-0.39, 0.29) is 24.1 Å². The monoisotopic (exact) mass is 419 g/mol. The second kappa shape index (κ2) is 7.92. The normalized spacial score (nSPS) is 15.5. The number of hydrogen-bond donors (Lipinski definition) is 0. The molecule has 1 aromatic carbocycles. The van der Waals surface area contributed by atoms with Crippen LogP contribution in [0.2, 0.25) is 0 Å². The van der Waals surface area contributed by atoms with Crippen LogP contribution in [0.15, 0.2) is 36.4 Å². The number of benzene rings is 1. The predicted octanol–water partition coefficient (Wildman–Crippen LogP) is 3.41. The van der Waals surface area contributed by atoms with Gasteiger partial charge in [-0.2, -0.15) is 17.7 Å². The number of hydrogen-bond acceptors (Lipinski definition) is 6. The molecule has 1 aliphatic heterocycles. The van der Waals surface area contributed by atoms with Crippen LogP contribution < -0.4 is 4.90 Å². The summed E-state index contributed by atoms with van der Waals surface area (Å²) >= 11 is 0. The van der Waals surface area contributed by atoms with E-state index in [9.17, 15) is 18.0 Å². The van der Waals surface area contributed by atoms with E-state index in [1.165, 1.54) is 6.07 Å². The molecule has 0 bridgehead atoms. The fourth-order valence-electron chi connectivity index (χ4n) is 3.51. The van der Waals surface area contributed by atoms with Gasteiger partial charge in [0, 0.05) is 13.1 Å². The standard InChI is InChI=1S/C20H20F3N5O2/c1-13-4-2-3-5-15(13)12-30-18(29)14-8-10-27(11-9-14)17-7-6-16-24-25-19(20(21,22)23)28(16)26-17/h2-7,14H,8-12H2,1H3. The molecule has 0 radical (unpaired) electrons. The van der Waals surface area contributed by atoms with Crippen LogP contribution in [0.1, 0.15) is 29.8 Å². The molecule has 1 saturated heterocycles. The first-order valence-electron chi connectivity index (χ1n) is 9.58. The summed E-state index contributed by atoms with van der Waals surface area (Å²) in [4.78, 5) is 14.3. The van der Waals surface area contributed by atoms with Gasteiger partial charge in [-0.15, -0.1) is 15.3 Å². The minimum Gasteiger partial charge on any atom is -0.461 e. The zero-order valence-electron chi connectivity index (χ0n) is 16.3. The van der Waals surface area contributed by atoms with E-state index < -0.39 is 12.0 Å². The zero-order valence-corrected chi connectivity index (χ0v) is 16.3. The first-order valence-corrected chi connectivity index (χ1v) is 9.58. The number of halogens is 3. The molecule has 2 aromatic heterocycles. The number of anilines is 1. The minimum absolute atomic E-state index is 0.0285. The van der Waals surface area contributed by atoms with Gasteiger partial charge in [-0.3, -0.25) is 4.79 Å². The lowest BCUT2D eigenvalue weighted by molar-refractivity contribution is -0.150. The summed E-state index contributed by atoms with van der Waals surface area (Å²) in [6.45, 7) is 3.18. The Hall–Kier alpha value is -3.17. The van der Waals surface area contributed by atoms with Crippen molar-refractivity contribution in [2.24, 2.45) is 5.92 Å². The predicted molar refractivity (Wildman–Crippen MR) is 102 cm³/mol. The maximum absolute atomic E-state index is 13.1. The minimum atomic E-state index is -4.64. The van der Waals surface area contributed by atoms with Crippen molar-refractivity contribution in [2.45, 2.75) is 32.5 Å². The van der Waals surface area contributed by atoms with Crippen LogP contribution in [0.4, 0.5) is 19.0 Å². The lowest BCUT2D eigenvalue weighted by atomic mass is 9.97. The van der Waals surface area contributed by atoms with Crippen molar-refractivity contribution in [3.8, 4) is 0 Å². The van der Waals surface area contributed by atoms with Gasteiger partial charge in [0.1, 0.15) is 12.4 Å². The molecule has 1 aliphatic rings. The third kappa shape index (κ3) is 4.07. The summed E-state index contributed by atoms with van der Waals surface area (Å²) in [7, 11) is 0. The van der Waals surface area contributed by atoms with E-state index in [1.807, 2.05) is 36.1 Å². The number of rotatable bonds is 4. The Morgan fingerprint density at radius 3 is 2.57 bits per heavy atom. The molecule has 3 aromatic rings. The lowest BCUT2D eigenvalue weighted by Gasteiger charge is -2.31. The second-order valence-electron chi connectivity index (χ2n) is 7.28. The third-order valence-electron chi connectivity index (χ3n) is 5.29. The highest BCUT2D eigenvalue weighted by Gasteiger charge is 2.38. The van der Waals surface area contributed by atoms with E-state index in [2.05, 4.69) is 15.3 Å². The molecule has 0 saturated carbocycles. The highest BCUT2D eigenvalue weighted by molar-refractivity contribution is 5.73. The number of esters is 1. The van der Waals surface area contributed by atoms with E-state index in [0.29, 0.717) is 36.3 Å². The molecule has 0 spiro atoms. The topological polar surface area (TPSA) is 72.6 Å². The van der Waals surface area contributed by atoms with Gasteiger partial charge in [-0.25, -0.2) is 0 Å². The quantitative estimate of drug-likeness (QED) is 0.604. The molecular formula is C20H20F3N5O2. The van der Waals surface area contributed by atoms with Gasteiger partial charge >= 0.3 is 12.1 Å². The van der Waals surface area contributed by atoms with Crippen LogP contribution in [0.5, 0.6) is 0 Å². The lowest BCUT2D eigenvalue weighted by Crippen LogP contribution is -2.37. The number of aryl methyl sites for hydroxylation is 1. The molecule has 3 heterocycles. The van der Waals surface area contributed by atoms with E-state index >= 15 is 0 Å². The zero-order chi connectivity index (χ0) is 21.3. The third-order valence-corrected chi connectivity index (χ3v) is 5.29. The SMILES string of the molecule is Cc1ccccc1COC(=O)C1CCN(c2ccc3nnc(C(F)(F)F)n3n2)CC1. The van der Waals surface area contributed by atoms with Crippen molar-refractivity contribution in [2.75, 3.05) is 18.0 Å². The number of piperidine rings is 1. The molecule has 1 fully saturated rings. The fourth-order valence-corrected chi connectivity index (χ4v) is 3.51. The van der Waals surface area contributed by atoms with Crippen LogP contribution in [0, 0.1) is 12.8 Å². The Labute approximate surface area is 170 Å². The Kier molecular flexibility index (Phi) is 5.31. The summed E-state index contributed by atoms with van der Waals surface area (Å²) in [6, 6.07) is 10.8. The van der Waals surface area contributed by atoms with Crippen molar-refractivity contribution in [1.29, 1.82) is 0 Å². The number of aromatic nitrogens is 4. The first kappa shape index (κ1) is 20.1. The summed E-state index contributed by atoms with van der Waals surface area (Å²) in [6.07, 6.45) is -3.56. The molecule has 0 unspecified atom stereocenters. The van der Waals surface area contributed by atoms with Gasteiger partial charge in [0.25, 0.3) is 5.82 Å². The number of fused-ring (bicyclic) bond motifs is 1. The Bertz CT molecular complexity index is 1060. The number of carbonyl (C=O) groups excluding carboxylic acids is 1.